The fraction of sp³-hybridized carbons (Fsp3) is 0.342. The van der Waals surface area contributed by atoms with Crippen molar-refractivity contribution in [2.24, 2.45) is 20.0 Å². The number of rotatable bonds is 9. The number of fused-ring (bicyclic) bond motifs is 2. The second-order valence-corrected chi connectivity index (χ2v) is 13.7. The Hall–Kier alpha value is -5.00. The van der Waals surface area contributed by atoms with Crippen LogP contribution in [0.1, 0.15) is 41.3 Å². The fourth-order valence-electron chi connectivity index (χ4n) is 7.70. The molecule has 11 nitrogen and oxygen atoms in total. The molecule has 0 radical (unpaired) electrons. The van der Waals surface area contributed by atoms with Gasteiger partial charge in [-0.2, -0.15) is 0 Å². The summed E-state index contributed by atoms with van der Waals surface area (Å²) in [6.07, 6.45) is 3.74. The number of anilines is 2. The summed E-state index contributed by atoms with van der Waals surface area (Å²) in [4.78, 5) is 48.9. The molecule has 2 atom stereocenters. The van der Waals surface area contributed by atoms with Crippen molar-refractivity contribution >= 4 is 40.4 Å². The highest BCUT2D eigenvalue weighted by atomic mass is 35.5. The van der Waals surface area contributed by atoms with Crippen molar-refractivity contribution in [3.8, 4) is 28.3 Å². The van der Waals surface area contributed by atoms with E-state index in [2.05, 4.69) is 26.6 Å². The van der Waals surface area contributed by atoms with Gasteiger partial charge in [-0.05, 0) is 80.5 Å². The average molecular weight is 694 g/mol. The lowest BCUT2D eigenvalue weighted by molar-refractivity contribution is -0.109. The zero-order chi connectivity index (χ0) is 35.3. The number of nitrogens with one attached hydrogen (secondary N) is 2. The number of hydrogen-bond acceptors (Lipinski definition) is 8. The van der Waals surface area contributed by atoms with Gasteiger partial charge in [-0.25, -0.2) is 14.8 Å². The Bertz CT molecular complexity index is 2280. The van der Waals surface area contributed by atoms with Crippen LogP contribution in [0.3, 0.4) is 0 Å². The number of carbonyl (C=O) groups is 1. The summed E-state index contributed by atoms with van der Waals surface area (Å²) < 4.78 is 8.48. The van der Waals surface area contributed by atoms with Crippen molar-refractivity contribution in [3.05, 3.63) is 96.8 Å². The van der Waals surface area contributed by atoms with Crippen molar-refractivity contribution < 1.29 is 9.53 Å². The normalized spacial score (nSPS) is 17.2. The number of likely N-dealkylation sites (tertiary alicyclic amines) is 1. The quantitative estimate of drug-likeness (QED) is 0.196. The maximum atomic E-state index is 13.3. The molecule has 3 aromatic heterocycles. The van der Waals surface area contributed by atoms with E-state index in [1.54, 1.807) is 20.2 Å². The van der Waals surface area contributed by atoms with Crippen molar-refractivity contribution in [1.29, 1.82) is 0 Å². The van der Waals surface area contributed by atoms with Gasteiger partial charge in [0.05, 0.1) is 23.3 Å². The van der Waals surface area contributed by atoms with Gasteiger partial charge in [0.15, 0.2) is 0 Å². The van der Waals surface area contributed by atoms with Gasteiger partial charge in [0.2, 0.25) is 12.3 Å². The molecular weight excluding hydrogens is 654 g/mol. The maximum absolute atomic E-state index is 13.3. The third-order valence-corrected chi connectivity index (χ3v) is 10.7. The molecular formula is C38H40ClN7O4. The Morgan fingerprint density at radius 3 is 2.54 bits per heavy atom. The van der Waals surface area contributed by atoms with Gasteiger partial charge in [-0.15, -0.1) is 0 Å². The summed E-state index contributed by atoms with van der Waals surface area (Å²) in [5.41, 5.74) is 7.74. The molecule has 1 aliphatic heterocycles. The topological polar surface area (TPSA) is 123 Å². The lowest BCUT2D eigenvalue weighted by Crippen LogP contribution is -2.37. The lowest BCUT2D eigenvalue weighted by Gasteiger charge is -2.26. The summed E-state index contributed by atoms with van der Waals surface area (Å²) in [6.45, 7) is 6.45. The van der Waals surface area contributed by atoms with Gasteiger partial charge in [0.25, 0.3) is 5.56 Å². The number of carbonyl (C=O) groups excluding carboxylic acids is 1. The Balaban J connectivity index is 1.23. The minimum Gasteiger partial charge on any atom is -0.481 e. The number of benzene rings is 2. The minimum atomic E-state index is -0.414. The minimum absolute atomic E-state index is 0.229. The van der Waals surface area contributed by atoms with Gasteiger partial charge >= 0.3 is 5.69 Å². The van der Waals surface area contributed by atoms with Gasteiger partial charge in [0.1, 0.15) is 11.2 Å². The zero-order valence-corrected chi connectivity index (χ0v) is 29.6. The van der Waals surface area contributed by atoms with E-state index in [-0.39, 0.29) is 6.04 Å². The monoisotopic (exact) mass is 693 g/mol. The van der Waals surface area contributed by atoms with Crippen molar-refractivity contribution in [2.45, 2.75) is 39.2 Å². The van der Waals surface area contributed by atoms with Crippen LogP contribution in [0, 0.1) is 19.8 Å². The molecule has 0 bridgehead atoms. The van der Waals surface area contributed by atoms with E-state index in [0.717, 1.165) is 82.5 Å². The van der Waals surface area contributed by atoms with E-state index in [9.17, 15) is 14.4 Å². The van der Waals surface area contributed by atoms with Crippen LogP contribution in [-0.4, -0.2) is 57.2 Å². The summed E-state index contributed by atoms with van der Waals surface area (Å²) >= 11 is 7.24. The molecule has 0 spiro atoms. The Kier molecular flexibility index (Phi) is 8.96. The molecule has 1 saturated heterocycles. The molecule has 7 rings (SSSR count). The Labute approximate surface area is 294 Å². The highest BCUT2D eigenvalue weighted by molar-refractivity contribution is 6.36. The SMILES string of the molecule is COc1nc(-c2cccc(-c3cccc(Nc4nc(C)cc5c4c(=O)n(C)c(=O)n5C)c3C)c2Cl)cc2c1C(N1CCC(CNC=O)C1)CC2. The number of aromatic nitrogens is 4. The Morgan fingerprint density at radius 1 is 1.00 bits per heavy atom. The van der Waals surface area contributed by atoms with Crippen molar-refractivity contribution in [1.82, 2.24) is 29.3 Å². The number of methoxy groups -OCH3 is 1. The summed E-state index contributed by atoms with van der Waals surface area (Å²) in [7, 11) is 4.79. The smallest absolute Gasteiger partial charge is 0.330 e. The summed E-state index contributed by atoms with van der Waals surface area (Å²) in [6, 6.07) is 16.0. The predicted octanol–water partition coefficient (Wildman–Crippen LogP) is 5.44. The molecule has 4 heterocycles. The first-order valence-corrected chi connectivity index (χ1v) is 17.2. The van der Waals surface area contributed by atoms with Crippen LogP contribution in [0.2, 0.25) is 5.02 Å². The summed E-state index contributed by atoms with van der Waals surface area (Å²) in [5.74, 6) is 1.45. The molecule has 0 saturated carbocycles. The van der Waals surface area contributed by atoms with E-state index in [1.807, 2.05) is 50.2 Å². The molecule has 1 aliphatic carbocycles. The largest absolute Gasteiger partial charge is 0.481 e. The molecule has 2 unspecified atom stereocenters. The van der Waals surface area contributed by atoms with Gasteiger partial charge in [-0.1, -0.05) is 41.9 Å². The number of halogens is 1. The van der Waals surface area contributed by atoms with Crippen LogP contribution in [0.25, 0.3) is 33.3 Å². The third kappa shape index (κ3) is 5.74. The van der Waals surface area contributed by atoms with Crippen LogP contribution >= 0.6 is 11.6 Å². The van der Waals surface area contributed by atoms with Crippen LogP contribution in [0.15, 0.2) is 58.1 Å². The van der Waals surface area contributed by atoms with Crippen molar-refractivity contribution in [3.63, 3.8) is 0 Å². The molecule has 258 valence electrons. The first-order valence-electron chi connectivity index (χ1n) is 16.8. The molecule has 12 heteroatoms. The second kappa shape index (κ2) is 13.4. The average Bonchev–Trinajstić information content (AvgIpc) is 3.76. The number of hydrogen-bond donors (Lipinski definition) is 2. The van der Waals surface area contributed by atoms with Crippen LogP contribution in [-0.2, 0) is 25.3 Å². The van der Waals surface area contributed by atoms with E-state index in [1.165, 1.54) is 17.2 Å². The summed E-state index contributed by atoms with van der Waals surface area (Å²) in [5, 5.41) is 7.14. The molecule has 2 aromatic carbocycles. The molecule has 1 amide bonds. The standard InChI is InChI=1S/C38H40ClN7O4/c1-21-16-31-33(37(48)45(4)38(49)44(31)3)35(41-21)42-28-11-7-8-25(22(28)2)26-9-6-10-27(34(26)39)29-17-24-12-13-30(32(24)36(43-29)50-5)46-15-14-23(19-46)18-40-20-47/h6-11,16-17,20,23,30H,12-15,18-19H2,1-5H3,(H,40,47)(H,41,42). The lowest BCUT2D eigenvalue weighted by atomic mass is 9.96. The Morgan fingerprint density at radius 2 is 1.76 bits per heavy atom. The van der Waals surface area contributed by atoms with E-state index >= 15 is 0 Å². The number of aryl methyl sites for hydroxylation is 3. The van der Waals surface area contributed by atoms with E-state index in [4.69, 9.17) is 21.3 Å². The fourth-order valence-corrected chi connectivity index (χ4v) is 8.02. The highest BCUT2D eigenvalue weighted by Crippen LogP contribution is 2.46. The van der Waals surface area contributed by atoms with Gasteiger partial charge in [-0.3, -0.25) is 23.6 Å². The van der Waals surface area contributed by atoms with Crippen LogP contribution in [0.4, 0.5) is 11.5 Å². The number of ether oxygens (including phenoxy) is 1. The van der Waals surface area contributed by atoms with Gasteiger partial charge in [0, 0.05) is 61.3 Å². The highest BCUT2D eigenvalue weighted by Gasteiger charge is 2.36. The van der Waals surface area contributed by atoms with E-state index in [0.29, 0.717) is 45.8 Å². The van der Waals surface area contributed by atoms with Crippen LogP contribution in [0.5, 0.6) is 5.88 Å². The number of amides is 1. The second-order valence-electron chi connectivity index (χ2n) is 13.3. The van der Waals surface area contributed by atoms with Crippen molar-refractivity contribution in [2.75, 3.05) is 32.1 Å². The van der Waals surface area contributed by atoms with Gasteiger partial charge < -0.3 is 15.4 Å². The predicted molar refractivity (Wildman–Crippen MR) is 196 cm³/mol. The van der Waals surface area contributed by atoms with Crippen LogP contribution < -0.4 is 26.6 Å². The first kappa shape index (κ1) is 33.5. The molecule has 1 fully saturated rings. The number of pyridine rings is 2. The molecule has 50 heavy (non-hydrogen) atoms. The maximum Gasteiger partial charge on any atom is 0.330 e. The third-order valence-electron chi connectivity index (χ3n) is 10.3. The molecule has 5 aromatic rings. The first-order chi connectivity index (χ1) is 24.1. The number of nitrogens with zero attached hydrogens (tertiary/aromatic N) is 5. The zero-order valence-electron chi connectivity index (χ0n) is 28.8. The molecule has 2 aliphatic rings. The van der Waals surface area contributed by atoms with E-state index < -0.39 is 11.2 Å². The molecule has 2 N–H and O–H groups in total.